The van der Waals surface area contributed by atoms with Gasteiger partial charge in [0.25, 0.3) is 5.91 Å². The Morgan fingerprint density at radius 3 is 2.44 bits per heavy atom. The van der Waals surface area contributed by atoms with Crippen molar-refractivity contribution < 1.29 is 14.3 Å². The molecule has 0 aliphatic carbocycles. The van der Waals surface area contributed by atoms with Crippen LogP contribution in [0.15, 0.2) is 48.5 Å². The Hall–Kier alpha value is -2.86. The Balaban J connectivity index is 2.04. The zero-order valence-corrected chi connectivity index (χ0v) is 16.1. The molecule has 0 bridgehead atoms. The highest BCUT2D eigenvalue weighted by atomic mass is 16.5. The molecule has 0 spiro atoms. The standard InChI is InChI=1S/C21H27N3O3/c1-4-24(5-2)13-14-27-20-12-7-6-11-19(20)23-21(26)17-9-8-10-18(15-17)22-16(3)25/h6-12,15H,4-5,13-14H2,1-3H3,(H,22,25)(H,23,26). The molecule has 27 heavy (non-hydrogen) atoms. The fourth-order valence-electron chi connectivity index (χ4n) is 2.66. The van der Waals surface area contributed by atoms with Crippen molar-refractivity contribution in [3.63, 3.8) is 0 Å². The Bertz CT molecular complexity index is 773. The van der Waals surface area contributed by atoms with Crippen LogP contribution in [0.1, 0.15) is 31.1 Å². The van der Waals surface area contributed by atoms with E-state index >= 15 is 0 Å². The number of ether oxygens (including phenoxy) is 1. The van der Waals surface area contributed by atoms with E-state index in [0.29, 0.717) is 29.3 Å². The van der Waals surface area contributed by atoms with Gasteiger partial charge >= 0.3 is 0 Å². The van der Waals surface area contributed by atoms with Crippen LogP contribution >= 0.6 is 0 Å². The van der Waals surface area contributed by atoms with Crippen molar-refractivity contribution in [3.05, 3.63) is 54.1 Å². The lowest BCUT2D eigenvalue weighted by Gasteiger charge is -2.19. The van der Waals surface area contributed by atoms with E-state index in [1.165, 1.54) is 6.92 Å². The van der Waals surface area contributed by atoms with Crippen molar-refractivity contribution in [1.82, 2.24) is 4.90 Å². The zero-order valence-electron chi connectivity index (χ0n) is 16.1. The van der Waals surface area contributed by atoms with E-state index in [1.54, 1.807) is 24.3 Å². The molecule has 2 amide bonds. The van der Waals surface area contributed by atoms with Crippen molar-refractivity contribution in [2.45, 2.75) is 20.8 Å². The average molecular weight is 369 g/mol. The first-order valence-corrected chi connectivity index (χ1v) is 9.16. The summed E-state index contributed by atoms with van der Waals surface area (Å²) in [6, 6.07) is 14.2. The third-order valence-corrected chi connectivity index (χ3v) is 4.14. The summed E-state index contributed by atoms with van der Waals surface area (Å²) in [6.45, 7) is 8.99. The van der Waals surface area contributed by atoms with E-state index in [2.05, 4.69) is 29.4 Å². The van der Waals surface area contributed by atoms with Gasteiger partial charge in [-0.1, -0.05) is 32.0 Å². The van der Waals surface area contributed by atoms with Crippen LogP contribution in [0.4, 0.5) is 11.4 Å². The first-order valence-electron chi connectivity index (χ1n) is 9.16. The number of nitrogens with zero attached hydrogens (tertiary/aromatic N) is 1. The van der Waals surface area contributed by atoms with Crippen molar-refractivity contribution in [1.29, 1.82) is 0 Å². The van der Waals surface area contributed by atoms with Gasteiger partial charge in [-0.05, 0) is 43.4 Å². The minimum absolute atomic E-state index is 0.181. The molecule has 0 aliphatic rings. The summed E-state index contributed by atoms with van der Waals surface area (Å²) in [5, 5.41) is 5.56. The molecule has 0 heterocycles. The maximum atomic E-state index is 12.6. The van der Waals surface area contributed by atoms with E-state index in [-0.39, 0.29) is 11.8 Å². The van der Waals surface area contributed by atoms with Crippen LogP contribution in [0.2, 0.25) is 0 Å². The van der Waals surface area contributed by atoms with Gasteiger partial charge in [0.15, 0.2) is 0 Å². The van der Waals surface area contributed by atoms with E-state index in [0.717, 1.165) is 19.6 Å². The van der Waals surface area contributed by atoms with Crippen LogP contribution in [-0.4, -0.2) is 43.0 Å². The number of carbonyl (C=O) groups excluding carboxylic acids is 2. The molecule has 2 aromatic carbocycles. The Labute approximate surface area is 160 Å². The molecular weight excluding hydrogens is 342 g/mol. The molecule has 0 aliphatic heterocycles. The Kier molecular flexibility index (Phi) is 7.82. The molecule has 0 atom stereocenters. The van der Waals surface area contributed by atoms with Crippen LogP contribution in [0.3, 0.4) is 0 Å². The highest BCUT2D eigenvalue weighted by Gasteiger charge is 2.11. The molecular formula is C21H27N3O3. The number of hydrogen-bond donors (Lipinski definition) is 2. The van der Waals surface area contributed by atoms with Gasteiger partial charge in [-0.15, -0.1) is 0 Å². The van der Waals surface area contributed by atoms with Gasteiger partial charge in [0.2, 0.25) is 5.91 Å². The lowest BCUT2D eigenvalue weighted by molar-refractivity contribution is -0.114. The third-order valence-electron chi connectivity index (χ3n) is 4.14. The fourth-order valence-corrected chi connectivity index (χ4v) is 2.66. The Morgan fingerprint density at radius 2 is 1.74 bits per heavy atom. The number of hydrogen-bond acceptors (Lipinski definition) is 4. The van der Waals surface area contributed by atoms with Gasteiger partial charge in [-0.3, -0.25) is 9.59 Å². The predicted molar refractivity (Wildman–Crippen MR) is 108 cm³/mol. The third kappa shape index (κ3) is 6.42. The van der Waals surface area contributed by atoms with E-state index in [1.807, 2.05) is 24.3 Å². The number of likely N-dealkylation sites (N-methyl/N-ethyl adjacent to an activating group) is 1. The quantitative estimate of drug-likeness (QED) is 0.708. The number of nitrogens with one attached hydrogen (secondary N) is 2. The molecule has 2 N–H and O–H groups in total. The lowest BCUT2D eigenvalue weighted by Crippen LogP contribution is -2.28. The number of rotatable bonds is 9. The minimum Gasteiger partial charge on any atom is -0.490 e. The molecule has 2 aromatic rings. The van der Waals surface area contributed by atoms with Crippen molar-refractivity contribution in [3.8, 4) is 5.75 Å². The van der Waals surface area contributed by atoms with Gasteiger partial charge in [0.1, 0.15) is 12.4 Å². The lowest BCUT2D eigenvalue weighted by atomic mass is 10.1. The topological polar surface area (TPSA) is 70.7 Å². The van der Waals surface area contributed by atoms with Crippen molar-refractivity contribution >= 4 is 23.2 Å². The summed E-state index contributed by atoms with van der Waals surface area (Å²) >= 11 is 0. The van der Waals surface area contributed by atoms with Crippen LogP contribution in [-0.2, 0) is 4.79 Å². The molecule has 0 radical (unpaired) electrons. The summed E-state index contributed by atoms with van der Waals surface area (Å²) in [5.41, 5.74) is 1.66. The summed E-state index contributed by atoms with van der Waals surface area (Å²) in [7, 11) is 0. The largest absolute Gasteiger partial charge is 0.490 e. The second-order valence-corrected chi connectivity index (χ2v) is 6.09. The van der Waals surface area contributed by atoms with Crippen LogP contribution in [0.5, 0.6) is 5.75 Å². The number of carbonyl (C=O) groups is 2. The van der Waals surface area contributed by atoms with Gasteiger partial charge < -0.3 is 20.3 Å². The van der Waals surface area contributed by atoms with E-state index < -0.39 is 0 Å². The average Bonchev–Trinajstić information content (AvgIpc) is 2.66. The normalized spacial score (nSPS) is 10.5. The van der Waals surface area contributed by atoms with Crippen molar-refractivity contribution in [2.24, 2.45) is 0 Å². The number of amides is 2. The summed E-state index contributed by atoms with van der Waals surface area (Å²) in [4.78, 5) is 26.1. The molecule has 0 saturated carbocycles. The predicted octanol–water partition coefficient (Wildman–Crippen LogP) is 3.62. The zero-order chi connectivity index (χ0) is 19.6. The monoisotopic (exact) mass is 369 g/mol. The fraction of sp³-hybridized carbons (Fsp3) is 0.333. The summed E-state index contributed by atoms with van der Waals surface area (Å²) in [5.74, 6) is 0.192. The second-order valence-electron chi connectivity index (χ2n) is 6.09. The molecule has 6 nitrogen and oxygen atoms in total. The molecule has 0 fully saturated rings. The molecule has 6 heteroatoms. The van der Waals surface area contributed by atoms with Gasteiger partial charge in [0, 0.05) is 24.7 Å². The molecule has 0 unspecified atom stereocenters. The maximum absolute atomic E-state index is 12.6. The maximum Gasteiger partial charge on any atom is 0.255 e. The number of anilines is 2. The summed E-state index contributed by atoms with van der Waals surface area (Å²) in [6.07, 6.45) is 0. The SMILES string of the molecule is CCN(CC)CCOc1ccccc1NC(=O)c1cccc(NC(C)=O)c1. The van der Waals surface area contributed by atoms with E-state index in [4.69, 9.17) is 4.74 Å². The van der Waals surface area contributed by atoms with Gasteiger partial charge in [-0.25, -0.2) is 0 Å². The smallest absolute Gasteiger partial charge is 0.255 e. The second kappa shape index (κ2) is 10.3. The van der Waals surface area contributed by atoms with Crippen molar-refractivity contribution in [2.75, 3.05) is 36.9 Å². The molecule has 0 saturated heterocycles. The Morgan fingerprint density at radius 1 is 1.00 bits per heavy atom. The molecule has 2 rings (SSSR count). The first-order chi connectivity index (χ1) is 13.0. The minimum atomic E-state index is -0.262. The van der Waals surface area contributed by atoms with Crippen LogP contribution < -0.4 is 15.4 Å². The summed E-state index contributed by atoms with van der Waals surface area (Å²) < 4.78 is 5.87. The van der Waals surface area contributed by atoms with Crippen LogP contribution in [0, 0.1) is 0 Å². The number of para-hydroxylation sites is 2. The highest BCUT2D eigenvalue weighted by molar-refractivity contribution is 6.06. The first kappa shape index (κ1) is 20.5. The molecule has 144 valence electrons. The van der Waals surface area contributed by atoms with Gasteiger partial charge in [-0.2, -0.15) is 0 Å². The van der Waals surface area contributed by atoms with E-state index in [9.17, 15) is 9.59 Å². The molecule has 0 aromatic heterocycles. The van der Waals surface area contributed by atoms with Gasteiger partial charge in [0.05, 0.1) is 5.69 Å². The highest BCUT2D eigenvalue weighted by Crippen LogP contribution is 2.24. The number of benzene rings is 2. The van der Waals surface area contributed by atoms with Crippen LogP contribution in [0.25, 0.3) is 0 Å².